The molecule has 138 valence electrons. The molecular formula is C21H21N3O3. The summed E-state index contributed by atoms with van der Waals surface area (Å²) in [6, 6.07) is 15.1. The maximum absolute atomic E-state index is 13.2. The third-order valence-electron chi connectivity index (χ3n) is 4.71. The van der Waals surface area contributed by atoms with Crippen molar-refractivity contribution in [3.63, 3.8) is 0 Å². The third kappa shape index (κ3) is 4.00. The van der Waals surface area contributed by atoms with Gasteiger partial charge < -0.3 is 14.7 Å². The molecule has 1 fully saturated rings. The van der Waals surface area contributed by atoms with Gasteiger partial charge >= 0.3 is 0 Å². The van der Waals surface area contributed by atoms with Gasteiger partial charge in [-0.3, -0.25) is 9.59 Å². The number of nitrogens with one attached hydrogen (secondary N) is 1. The number of rotatable bonds is 6. The van der Waals surface area contributed by atoms with E-state index in [-0.39, 0.29) is 18.4 Å². The lowest BCUT2D eigenvalue weighted by Crippen LogP contribution is -2.39. The predicted molar refractivity (Wildman–Crippen MR) is 102 cm³/mol. The van der Waals surface area contributed by atoms with E-state index in [0.29, 0.717) is 29.6 Å². The molecule has 27 heavy (non-hydrogen) atoms. The Bertz CT molecular complexity index is 986. The predicted octanol–water partition coefficient (Wildman–Crippen LogP) is 3.63. The second kappa shape index (κ2) is 7.23. The van der Waals surface area contributed by atoms with Crippen molar-refractivity contribution in [2.45, 2.75) is 19.8 Å². The topological polar surface area (TPSA) is 75.4 Å². The van der Waals surface area contributed by atoms with Crippen LogP contribution in [0.5, 0.6) is 0 Å². The first kappa shape index (κ1) is 17.3. The lowest BCUT2D eigenvalue weighted by molar-refractivity contribution is -0.117. The number of carbonyl (C=O) groups excluding carboxylic acids is 2. The molecule has 2 aromatic carbocycles. The number of aryl methyl sites for hydroxylation is 1. The summed E-state index contributed by atoms with van der Waals surface area (Å²) < 4.78 is 4.96. The van der Waals surface area contributed by atoms with Crippen molar-refractivity contribution in [3.05, 3.63) is 59.9 Å². The van der Waals surface area contributed by atoms with Crippen LogP contribution in [0, 0.1) is 12.8 Å². The van der Waals surface area contributed by atoms with Gasteiger partial charge in [-0.1, -0.05) is 41.6 Å². The highest BCUT2D eigenvalue weighted by molar-refractivity contribution is 6.08. The van der Waals surface area contributed by atoms with Crippen molar-refractivity contribution < 1.29 is 14.1 Å². The summed E-state index contributed by atoms with van der Waals surface area (Å²) >= 11 is 0. The Balaban J connectivity index is 1.55. The van der Waals surface area contributed by atoms with Crippen molar-refractivity contribution in [2.24, 2.45) is 5.92 Å². The van der Waals surface area contributed by atoms with E-state index in [1.165, 1.54) is 0 Å². The normalized spacial score (nSPS) is 13.5. The molecule has 6 nitrogen and oxygen atoms in total. The highest BCUT2D eigenvalue weighted by atomic mass is 16.5. The van der Waals surface area contributed by atoms with Gasteiger partial charge in [0.25, 0.3) is 5.91 Å². The molecule has 1 N–H and O–H groups in total. The molecule has 2 amide bonds. The van der Waals surface area contributed by atoms with Crippen molar-refractivity contribution in [1.29, 1.82) is 0 Å². The summed E-state index contributed by atoms with van der Waals surface area (Å²) in [6.07, 6.45) is 2.20. The van der Waals surface area contributed by atoms with Crippen molar-refractivity contribution >= 4 is 28.4 Å². The van der Waals surface area contributed by atoms with Gasteiger partial charge in [0.1, 0.15) is 12.3 Å². The summed E-state index contributed by atoms with van der Waals surface area (Å²) in [7, 11) is 0. The van der Waals surface area contributed by atoms with Gasteiger partial charge in [-0.2, -0.15) is 0 Å². The number of hydrogen-bond donors (Lipinski definition) is 1. The van der Waals surface area contributed by atoms with E-state index in [0.717, 1.165) is 23.6 Å². The summed E-state index contributed by atoms with van der Waals surface area (Å²) in [5.41, 5.74) is 0.624. The lowest BCUT2D eigenvalue weighted by atomic mass is 10.0. The van der Waals surface area contributed by atoms with E-state index in [1.807, 2.05) is 42.5 Å². The van der Waals surface area contributed by atoms with Crippen molar-refractivity contribution in [2.75, 3.05) is 18.4 Å². The minimum absolute atomic E-state index is 0.00946. The fourth-order valence-electron chi connectivity index (χ4n) is 3.19. The van der Waals surface area contributed by atoms with Crippen LogP contribution in [-0.2, 0) is 4.79 Å². The third-order valence-corrected chi connectivity index (χ3v) is 4.71. The Morgan fingerprint density at radius 2 is 1.96 bits per heavy atom. The maximum atomic E-state index is 13.2. The highest BCUT2D eigenvalue weighted by Gasteiger charge is 2.29. The van der Waals surface area contributed by atoms with E-state index in [4.69, 9.17) is 4.52 Å². The second-order valence-electron chi connectivity index (χ2n) is 7.03. The standard InChI is InChI=1S/C21H21N3O3/c1-14-11-19(23-27-14)22-20(25)13-24(12-15-9-10-15)21(26)18-8-4-6-16-5-2-3-7-17(16)18/h2-8,11,15H,9-10,12-13H2,1H3,(H,22,23,25). The first-order valence-electron chi connectivity index (χ1n) is 9.10. The van der Waals surface area contributed by atoms with Gasteiger partial charge in [0, 0.05) is 18.2 Å². The smallest absolute Gasteiger partial charge is 0.254 e. The summed E-state index contributed by atoms with van der Waals surface area (Å²) in [5, 5.41) is 8.38. The van der Waals surface area contributed by atoms with Crippen molar-refractivity contribution in [3.8, 4) is 0 Å². The fourth-order valence-corrected chi connectivity index (χ4v) is 3.19. The second-order valence-corrected chi connectivity index (χ2v) is 7.03. The highest BCUT2D eigenvalue weighted by Crippen LogP contribution is 2.30. The van der Waals surface area contributed by atoms with E-state index < -0.39 is 0 Å². The Kier molecular flexibility index (Phi) is 4.62. The molecule has 0 spiro atoms. The Labute approximate surface area is 157 Å². The van der Waals surface area contributed by atoms with E-state index in [2.05, 4.69) is 10.5 Å². The molecule has 1 aliphatic rings. The van der Waals surface area contributed by atoms with Crippen LogP contribution in [-0.4, -0.2) is 35.0 Å². The number of amides is 2. The van der Waals surface area contributed by atoms with Gasteiger partial charge in [0.05, 0.1) is 0 Å². The number of hydrogen-bond acceptors (Lipinski definition) is 4. The van der Waals surface area contributed by atoms with E-state index in [1.54, 1.807) is 17.9 Å². The summed E-state index contributed by atoms with van der Waals surface area (Å²) in [6.45, 7) is 2.34. The monoisotopic (exact) mass is 363 g/mol. The first-order valence-corrected chi connectivity index (χ1v) is 9.10. The molecule has 1 heterocycles. The van der Waals surface area contributed by atoms with Gasteiger partial charge in [0.2, 0.25) is 5.91 Å². The van der Waals surface area contributed by atoms with E-state index in [9.17, 15) is 9.59 Å². The number of benzene rings is 2. The molecule has 0 saturated heterocycles. The van der Waals surface area contributed by atoms with Crippen LogP contribution < -0.4 is 5.32 Å². The molecule has 0 unspecified atom stereocenters. The van der Waals surface area contributed by atoms with Crippen molar-refractivity contribution in [1.82, 2.24) is 10.1 Å². The zero-order valence-corrected chi connectivity index (χ0v) is 15.1. The molecule has 1 aliphatic carbocycles. The average Bonchev–Trinajstić information content (AvgIpc) is 3.40. The van der Waals surface area contributed by atoms with Crippen LogP contribution in [0.25, 0.3) is 10.8 Å². The molecule has 3 aromatic rings. The molecule has 0 bridgehead atoms. The molecule has 1 saturated carbocycles. The van der Waals surface area contributed by atoms with Gasteiger partial charge in [-0.25, -0.2) is 0 Å². The number of fused-ring (bicyclic) bond motifs is 1. The molecule has 0 atom stereocenters. The largest absolute Gasteiger partial charge is 0.360 e. The van der Waals surface area contributed by atoms with Crippen LogP contribution in [0.1, 0.15) is 29.0 Å². The van der Waals surface area contributed by atoms with Gasteiger partial charge in [-0.05, 0) is 42.5 Å². The fraction of sp³-hybridized carbons (Fsp3) is 0.286. The molecule has 6 heteroatoms. The molecular weight excluding hydrogens is 342 g/mol. The zero-order chi connectivity index (χ0) is 18.8. The Morgan fingerprint density at radius 3 is 2.70 bits per heavy atom. The summed E-state index contributed by atoms with van der Waals surface area (Å²) in [5.74, 6) is 1.06. The maximum Gasteiger partial charge on any atom is 0.254 e. The lowest BCUT2D eigenvalue weighted by Gasteiger charge is -2.22. The quantitative estimate of drug-likeness (QED) is 0.726. The Hall–Kier alpha value is -3.15. The number of aromatic nitrogens is 1. The van der Waals surface area contributed by atoms with E-state index >= 15 is 0 Å². The SMILES string of the molecule is Cc1cc(NC(=O)CN(CC2CC2)C(=O)c2cccc3ccccc23)no1. The van der Waals surface area contributed by atoms with Gasteiger partial charge in [-0.15, -0.1) is 0 Å². The minimum Gasteiger partial charge on any atom is -0.360 e. The molecule has 1 aromatic heterocycles. The minimum atomic E-state index is -0.280. The molecule has 4 rings (SSSR count). The van der Waals surface area contributed by atoms with Crippen LogP contribution >= 0.6 is 0 Å². The number of anilines is 1. The van der Waals surface area contributed by atoms with Gasteiger partial charge in [0.15, 0.2) is 5.82 Å². The van der Waals surface area contributed by atoms with Crippen LogP contribution in [0.3, 0.4) is 0 Å². The number of carbonyl (C=O) groups is 2. The molecule has 0 radical (unpaired) electrons. The zero-order valence-electron chi connectivity index (χ0n) is 15.1. The van der Waals surface area contributed by atoms with Crippen LogP contribution in [0.2, 0.25) is 0 Å². The van der Waals surface area contributed by atoms with Crippen LogP contribution in [0.4, 0.5) is 5.82 Å². The van der Waals surface area contributed by atoms with Crippen LogP contribution in [0.15, 0.2) is 53.1 Å². The molecule has 0 aliphatic heterocycles. The summed E-state index contributed by atoms with van der Waals surface area (Å²) in [4.78, 5) is 27.3. The Morgan fingerprint density at radius 1 is 1.19 bits per heavy atom. The average molecular weight is 363 g/mol. The number of nitrogens with zero attached hydrogens (tertiary/aromatic N) is 2. The first-order chi connectivity index (χ1) is 13.1.